The van der Waals surface area contributed by atoms with E-state index in [4.69, 9.17) is 9.32 Å². The lowest BCUT2D eigenvalue weighted by atomic mass is 10.1. The fourth-order valence-corrected chi connectivity index (χ4v) is 5.65. The monoisotopic (exact) mass is 512 g/mol. The van der Waals surface area contributed by atoms with Crippen LogP contribution in [0, 0.1) is 5.92 Å². The van der Waals surface area contributed by atoms with E-state index in [-0.39, 0.29) is 24.3 Å². The first-order valence-electron chi connectivity index (χ1n) is 11.1. The van der Waals surface area contributed by atoms with Crippen LogP contribution in [0.2, 0.25) is 0 Å². The van der Waals surface area contributed by atoms with Crippen molar-refractivity contribution in [2.24, 2.45) is 11.1 Å². The summed E-state index contributed by atoms with van der Waals surface area (Å²) in [5.74, 6) is 0.386. The number of anilines is 1. The topological polar surface area (TPSA) is 142 Å². The molecule has 0 aromatic carbocycles. The Kier molecular flexibility index (Phi) is 6.60. The molecule has 35 heavy (non-hydrogen) atoms. The van der Waals surface area contributed by atoms with Crippen LogP contribution in [0.1, 0.15) is 40.1 Å². The van der Waals surface area contributed by atoms with Crippen LogP contribution in [-0.2, 0) is 21.0 Å². The van der Waals surface area contributed by atoms with Gasteiger partial charge in [-0.05, 0) is 60.4 Å². The second-order valence-electron chi connectivity index (χ2n) is 8.59. The van der Waals surface area contributed by atoms with E-state index in [1.165, 1.54) is 23.9 Å². The summed E-state index contributed by atoms with van der Waals surface area (Å²) in [7, 11) is -3.95. The van der Waals surface area contributed by atoms with Gasteiger partial charge < -0.3 is 9.88 Å². The first kappa shape index (κ1) is 23.5. The van der Waals surface area contributed by atoms with Crippen LogP contribution in [-0.4, -0.2) is 46.4 Å². The van der Waals surface area contributed by atoms with Crippen LogP contribution in [0.5, 0.6) is 0 Å². The van der Waals surface area contributed by atoms with Gasteiger partial charge >= 0.3 is 10.3 Å². The lowest BCUT2D eigenvalue weighted by molar-refractivity contribution is 0.104. The van der Waals surface area contributed by atoms with Crippen molar-refractivity contribution in [3.8, 4) is 0 Å². The fourth-order valence-electron chi connectivity index (χ4n) is 4.41. The van der Waals surface area contributed by atoms with Gasteiger partial charge in [0.1, 0.15) is 17.8 Å². The van der Waals surface area contributed by atoms with Gasteiger partial charge in [0.2, 0.25) is 5.78 Å². The highest BCUT2D eigenvalue weighted by molar-refractivity contribution is 7.84. The maximum absolute atomic E-state index is 13.3. The molecule has 4 aromatic heterocycles. The second-order valence-corrected chi connectivity index (χ2v) is 10.7. The first-order chi connectivity index (χ1) is 16.9. The lowest BCUT2D eigenvalue weighted by Gasteiger charge is -2.15. The standard InChI is InChI=1S/C23H24N6O4S2/c24-35(31,32)33-12-15-3-4-18(8-15)28-22-19(10-25-14-27-22)21(30)20-9-16(13-34-20)11-29-7-5-17-2-1-6-26-23(17)29/h1-2,5-7,9-10,13-15,18H,3-4,8,11-12H2,(H2,24,31,32)(H,25,27,28)/t15-,18+/m1/s1. The second kappa shape index (κ2) is 9.82. The number of hydrogen-bond donors (Lipinski definition) is 2. The molecule has 0 amide bonds. The third-order valence-electron chi connectivity index (χ3n) is 6.06. The molecule has 1 saturated carbocycles. The summed E-state index contributed by atoms with van der Waals surface area (Å²) in [6.07, 6.45) is 8.97. The van der Waals surface area contributed by atoms with Gasteiger partial charge in [0, 0.05) is 36.6 Å². The number of carbonyl (C=O) groups excluding carboxylic acids is 1. The third-order valence-corrected chi connectivity index (χ3v) is 7.50. The van der Waals surface area contributed by atoms with Crippen molar-refractivity contribution in [1.29, 1.82) is 0 Å². The van der Waals surface area contributed by atoms with Crippen molar-refractivity contribution < 1.29 is 17.4 Å². The van der Waals surface area contributed by atoms with Gasteiger partial charge in [-0.2, -0.15) is 8.42 Å². The molecule has 0 unspecified atom stereocenters. The molecule has 5 rings (SSSR count). The highest BCUT2D eigenvalue weighted by Gasteiger charge is 2.28. The number of nitrogens with zero attached hydrogens (tertiary/aromatic N) is 4. The Morgan fingerprint density at radius 3 is 3.03 bits per heavy atom. The number of nitrogens with two attached hydrogens (primary N) is 1. The van der Waals surface area contributed by atoms with Gasteiger partial charge in [-0.25, -0.2) is 20.1 Å². The van der Waals surface area contributed by atoms with E-state index in [0.29, 0.717) is 29.2 Å². The van der Waals surface area contributed by atoms with Gasteiger partial charge in [-0.15, -0.1) is 11.3 Å². The zero-order chi connectivity index (χ0) is 24.4. The quantitative estimate of drug-likeness (QED) is 0.326. The Labute approximate surface area is 206 Å². The average molecular weight is 513 g/mol. The van der Waals surface area contributed by atoms with Gasteiger partial charge in [-0.1, -0.05) is 0 Å². The SMILES string of the molecule is NS(=O)(=O)OC[C@@H]1CC[C@H](Nc2ncncc2C(=O)c2cc(Cn3ccc4cccnc43)cs2)C1. The summed E-state index contributed by atoms with van der Waals surface area (Å²) < 4.78 is 28.9. The summed E-state index contributed by atoms with van der Waals surface area (Å²) in [4.78, 5) is 26.7. The van der Waals surface area contributed by atoms with E-state index in [2.05, 4.69) is 24.8 Å². The molecule has 182 valence electrons. The Balaban J connectivity index is 1.27. The minimum Gasteiger partial charge on any atom is -0.367 e. The number of thiophene rings is 1. The maximum atomic E-state index is 13.3. The summed E-state index contributed by atoms with van der Waals surface area (Å²) in [5.41, 5.74) is 2.32. The van der Waals surface area contributed by atoms with Crippen molar-refractivity contribution in [1.82, 2.24) is 19.5 Å². The van der Waals surface area contributed by atoms with Crippen molar-refractivity contribution in [3.05, 3.63) is 70.6 Å². The molecular formula is C23H24N6O4S2. The van der Waals surface area contributed by atoms with E-state index in [1.807, 2.05) is 35.8 Å². The number of carbonyl (C=O) groups is 1. The Hall–Kier alpha value is -3.19. The van der Waals surface area contributed by atoms with Crippen LogP contribution in [0.25, 0.3) is 11.0 Å². The molecule has 1 aliphatic carbocycles. The van der Waals surface area contributed by atoms with Crippen LogP contribution < -0.4 is 10.5 Å². The molecule has 0 bridgehead atoms. The number of pyridine rings is 1. The molecule has 0 spiro atoms. The highest BCUT2D eigenvalue weighted by Crippen LogP contribution is 2.30. The van der Waals surface area contributed by atoms with E-state index >= 15 is 0 Å². The predicted octanol–water partition coefficient (Wildman–Crippen LogP) is 2.97. The minimum atomic E-state index is -3.95. The molecule has 10 nitrogen and oxygen atoms in total. The van der Waals surface area contributed by atoms with Crippen LogP contribution in [0.4, 0.5) is 5.82 Å². The lowest BCUT2D eigenvalue weighted by Crippen LogP contribution is -2.22. The molecule has 12 heteroatoms. The summed E-state index contributed by atoms with van der Waals surface area (Å²) in [5, 5.41) is 11.3. The summed E-state index contributed by atoms with van der Waals surface area (Å²) >= 11 is 1.39. The van der Waals surface area contributed by atoms with Crippen LogP contribution >= 0.6 is 11.3 Å². The van der Waals surface area contributed by atoms with Gasteiger partial charge in [0.15, 0.2) is 0 Å². The number of rotatable bonds is 9. The number of hydrogen-bond acceptors (Lipinski definition) is 9. The van der Waals surface area contributed by atoms with E-state index in [0.717, 1.165) is 29.4 Å². The molecule has 4 heterocycles. The number of nitrogens with one attached hydrogen (secondary N) is 1. The van der Waals surface area contributed by atoms with Gasteiger partial charge in [0.05, 0.1) is 17.0 Å². The predicted molar refractivity (Wildman–Crippen MR) is 132 cm³/mol. The van der Waals surface area contributed by atoms with E-state index in [1.54, 1.807) is 6.20 Å². The molecule has 1 fully saturated rings. The number of aromatic nitrogens is 4. The zero-order valence-corrected chi connectivity index (χ0v) is 20.3. The highest BCUT2D eigenvalue weighted by atomic mass is 32.2. The van der Waals surface area contributed by atoms with Gasteiger partial charge in [0.25, 0.3) is 0 Å². The van der Waals surface area contributed by atoms with Crippen LogP contribution in [0.3, 0.4) is 0 Å². The number of fused-ring (bicyclic) bond motifs is 1. The smallest absolute Gasteiger partial charge is 0.333 e. The molecule has 4 aromatic rings. The zero-order valence-electron chi connectivity index (χ0n) is 18.7. The molecule has 0 saturated heterocycles. The maximum Gasteiger partial charge on any atom is 0.333 e. The normalized spacial score (nSPS) is 18.2. The molecule has 3 N–H and O–H groups in total. The third kappa shape index (κ3) is 5.56. The molecule has 2 atom stereocenters. The number of ketones is 1. The Bertz CT molecular complexity index is 1470. The van der Waals surface area contributed by atoms with Crippen LogP contribution in [0.15, 0.2) is 54.6 Å². The Morgan fingerprint density at radius 1 is 1.29 bits per heavy atom. The van der Waals surface area contributed by atoms with Crippen molar-refractivity contribution in [3.63, 3.8) is 0 Å². The largest absolute Gasteiger partial charge is 0.367 e. The molecular weight excluding hydrogens is 488 g/mol. The van der Waals surface area contributed by atoms with E-state index in [9.17, 15) is 13.2 Å². The Morgan fingerprint density at radius 2 is 2.17 bits per heavy atom. The minimum absolute atomic E-state index is 0.0407. The average Bonchev–Trinajstić information content (AvgIpc) is 3.58. The van der Waals surface area contributed by atoms with E-state index < -0.39 is 10.3 Å². The van der Waals surface area contributed by atoms with Crippen molar-refractivity contribution in [2.75, 3.05) is 11.9 Å². The van der Waals surface area contributed by atoms with Crippen molar-refractivity contribution >= 4 is 44.3 Å². The van der Waals surface area contributed by atoms with Gasteiger partial charge in [-0.3, -0.25) is 8.98 Å². The first-order valence-corrected chi connectivity index (χ1v) is 13.5. The summed E-state index contributed by atoms with van der Waals surface area (Å²) in [6.45, 7) is 0.668. The van der Waals surface area contributed by atoms with Crippen molar-refractivity contribution in [2.45, 2.75) is 31.8 Å². The molecule has 1 aliphatic rings. The molecule has 0 radical (unpaired) electrons. The fraction of sp³-hybridized carbons (Fsp3) is 0.304. The molecule has 0 aliphatic heterocycles. The summed E-state index contributed by atoms with van der Waals surface area (Å²) in [6, 6.07) is 7.89.